The summed E-state index contributed by atoms with van der Waals surface area (Å²) < 4.78 is 1.90. The predicted molar refractivity (Wildman–Crippen MR) is 72.3 cm³/mol. The van der Waals surface area contributed by atoms with Gasteiger partial charge in [0.25, 0.3) is 0 Å². The topological polar surface area (TPSA) is 30.7 Å². The number of rotatable bonds is 3. The van der Waals surface area contributed by atoms with Crippen LogP contribution in [0.1, 0.15) is 11.6 Å². The van der Waals surface area contributed by atoms with Gasteiger partial charge in [-0.3, -0.25) is 0 Å². The quantitative estimate of drug-likeness (QED) is 0.653. The van der Waals surface area contributed by atoms with Crippen LogP contribution in [0.3, 0.4) is 0 Å². The molecule has 0 bridgehead atoms. The van der Waals surface area contributed by atoms with Crippen molar-refractivity contribution in [1.82, 2.24) is 15.0 Å². The van der Waals surface area contributed by atoms with Crippen LogP contribution in [0.25, 0.3) is 11.0 Å². The molecular weight excluding hydrogens is 222 g/mol. The molecule has 0 saturated heterocycles. The fourth-order valence-corrected chi connectivity index (χ4v) is 2.12. The number of allylic oxidation sites excluding steroid dienone is 1. The van der Waals surface area contributed by atoms with Crippen molar-refractivity contribution in [2.75, 3.05) is 0 Å². The monoisotopic (exact) mass is 235 g/mol. The summed E-state index contributed by atoms with van der Waals surface area (Å²) in [7, 11) is 0. The second-order valence-corrected chi connectivity index (χ2v) is 4.11. The maximum absolute atomic E-state index is 4.24. The van der Waals surface area contributed by atoms with Gasteiger partial charge in [0.15, 0.2) is 0 Å². The van der Waals surface area contributed by atoms with Crippen molar-refractivity contribution in [3.05, 3.63) is 72.8 Å². The average Bonchev–Trinajstić information content (AvgIpc) is 2.85. The number of fused-ring (bicyclic) bond motifs is 1. The number of hydrogen-bond acceptors (Lipinski definition) is 2. The van der Waals surface area contributed by atoms with Crippen LogP contribution in [0, 0.1) is 0 Å². The lowest BCUT2D eigenvalue weighted by atomic mass is 10.1. The highest BCUT2D eigenvalue weighted by atomic mass is 15.4. The third kappa shape index (κ3) is 1.70. The van der Waals surface area contributed by atoms with Gasteiger partial charge in [-0.15, -0.1) is 11.7 Å². The minimum absolute atomic E-state index is 0.0126. The molecule has 0 N–H and O–H groups in total. The van der Waals surface area contributed by atoms with Crippen molar-refractivity contribution in [3.63, 3.8) is 0 Å². The number of para-hydroxylation sites is 1. The van der Waals surface area contributed by atoms with Gasteiger partial charge >= 0.3 is 0 Å². The first-order valence-corrected chi connectivity index (χ1v) is 5.87. The molecule has 2 aromatic carbocycles. The lowest BCUT2D eigenvalue weighted by Gasteiger charge is -2.13. The van der Waals surface area contributed by atoms with Gasteiger partial charge in [-0.25, -0.2) is 4.68 Å². The highest BCUT2D eigenvalue weighted by molar-refractivity contribution is 5.74. The van der Waals surface area contributed by atoms with Crippen molar-refractivity contribution in [2.24, 2.45) is 0 Å². The zero-order valence-corrected chi connectivity index (χ0v) is 9.90. The van der Waals surface area contributed by atoms with Crippen molar-refractivity contribution in [2.45, 2.75) is 6.04 Å². The number of hydrogen-bond donors (Lipinski definition) is 0. The Balaban J connectivity index is 2.15. The molecular formula is C15H13N3. The lowest BCUT2D eigenvalue weighted by Crippen LogP contribution is -2.09. The summed E-state index contributed by atoms with van der Waals surface area (Å²) in [4.78, 5) is 0. The average molecular weight is 235 g/mol. The standard InChI is InChI=1S/C15H13N3/c1-2-14(12-8-4-3-5-9-12)18-15-11-7-6-10-13(15)16-17-18/h2-11,14H,1H2/t14-/m1/s1. The van der Waals surface area contributed by atoms with Crippen molar-refractivity contribution >= 4 is 11.0 Å². The molecule has 0 aliphatic rings. The molecule has 0 fully saturated rings. The van der Waals surface area contributed by atoms with Gasteiger partial charge in [-0.1, -0.05) is 53.8 Å². The van der Waals surface area contributed by atoms with E-state index in [1.807, 2.05) is 53.2 Å². The predicted octanol–water partition coefficient (Wildman–Crippen LogP) is 3.21. The lowest BCUT2D eigenvalue weighted by molar-refractivity contribution is 0.604. The molecule has 3 nitrogen and oxygen atoms in total. The van der Waals surface area contributed by atoms with E-state index < -0.39 is 0 Å². The van der Waals surface area contributed by atoms with E-state index in [9.17, 15) is 0 Å². The molecule has 0 radical (unpaired) electrons. The molecule has 88 valence electrons. The van der Waals surface area contributed by atoms with E-state index in [0.717, 1.165) is 16.6 Å². The molecule has 0 spiro atoms. The summed E-state index contributed by atoms with van der Waals surface area (Å²) >= 11 is 0. The van der Waals surface area contributed by atoms with Gasteiger partial charge in [-0.05, 0) is 17.7 Å². The minimum Gasteiger partial charge on any atom is -0.233 e. The van der Waals surface area contributed by atoms with Crippen LogP contribution >= 0.6 is 0 Å². The third-order valence-corrected chi connectivity index (χ3v) is 3.01. The number of benzene rings is 2. The maximum Gasteiger partial charge on any atom is 0.113 e. The molecule has 0 saturated carbocycles. The molecule has 3 rings (SSSR count). The zero-order valence-electron chi connectivity index (χ0n) is 9.90. The van der Waals surface area contributed by atoms with Crippen LogP contribution in [0.15, 0.2) is 67.3 Å². The largest absolute Gasteiger partial charge is 0.233 e. The smallest absolute Gasteiger partial charge is 0.113 e. The SMILES string of the molecule is C=C[C@H](c1ccccc1)n1nnc2ccccc21. The number of aromatic nitrogens is 3. The minimum atomic E-state index is 0.0126. The number of nitrogens with zero attached hydrogens (tertiary/aromatic N) is 3. The summed E-state index contributed by atoms with van der Waals surface area (Å²) in [6.45, 7) is 3.91. The molecule has 3 aromatic rings. The molecule has 0 amide bonds. The molecule has 18 heavy (non-hydrogen) atoms. The van der Waals surface area contributed by atoms with Crippen LogP contribution in [-0.4, -0.2) is 15.0 Å². The van der Waals surface area contributed by atoms with E-state index in [1.165, 1.54) is 0 Å². The molecule has 0 aliphatic heterocycles. The fraction of sp³-hybridized carbons (Fsp3) is 0.0667. The Bertz CT molecular complexity index is 670. The van der Waals surface area contributed by atoms with E-state index in [1.54, 1.807) is 0 Å². The van der Waals surface area contributed by atoms with Crippen molar-refractivity contribution in [1.29, 1.82) is 0 Å². The Hall–Kier alpha value is -2.42. The first-order valence-electron chi connectivity index (χ1n) is 5.87. The zero-order chi connectivity index (χ0) is 12.4. The highest BCUT2D eigenvalue weighted by Gasteiger charge is 2.13. The van der Waals surface area contributed by atoms with Gasteiger partial charge in [-0.2, -0.15) is 0 Å². The summed E-state index contributed by atoms with van der Waals surface area (Å²) in [5, 5.41) is 8.42. The van der Waals surface area contributed by atoms with Crippen LogP contribution in [0.5, 0.6) is 0 Å². The molecule has 1 aromatic heterocycles. The molecule has 1 atom stereocenters. The van der Waals surface area contributed by atoms with Crippen molar-refractivity contribution < 1.29 is 0 Å². The molecule has 0 aliphatic carbocycles. The van der Waals surface area contributed by atoms with Gasteiger partial charge in [0.2, 0.25) is 0 Å². The van der Waals surface area contributed by atoms with Crippen molar-refractivity contribution in [3.8, 4) is 0 Å². The second-order valence-electron chi connectivity index (χ2n) is 4.11. The van der Waals surface area contributed by atoms with Crippen LogP contribution in [0.2, 0.25) is 0 Å². The van der Waals surface area contributed by atoms with E-state index >= 15 is 0 Å². The summed E-state index contributed by atoms with van der Waals surface area (Å²) in [6.07, 6.45) is 1.89. The van der Waals surface area contributed by atoms with Gasteiger partial charge < -0.3 is 0 Å². The first kappa shape index (κ1) is 10.7. The highest BCUT2D eigenvalue weighted by Crippen LogP contribution is 2.22. The van der Waals surface area contributed by atoms with Gasteiger partial charge in [0.1, 0.15) is 5.52 Å². The maximum atomic E-state index is 4.24. The van der Waals surface area contributed by atoms with Crippen LogP contribution < -0.4 is 0 Å². The Morgan fingerprint density at radius 2 is 1.72 bits per heavy atom. The van der Waals surface area contributed by atoms with E-state index in [-0.39, 0.29) is 6.04 Å². The summed E-state index contributed by atoms with van der Waals surface area (Å²) in [6, 6.07) is 18.1. The summed E-state index contributed by atoms with van der Waals surface area (Å²) in [5.74, 6) is 0. The third-order valence-electron chi connectivity index (χ3n) is 3.01. The Morgan fingerprint density at radius 1 is 1.00 bits per heavy atom. The normalized spacial score (nSPS) is 12.4. The Kier molecular flexibility index (Phi) is 2.65. The Morgan fingerprint density at radius 3 is 2.50 bits per heavy atom. The Labute approximate surface area is 105 Å². The van der Waals surface area contributed by atoms with Crippen LogP contribution in [-0.2, 0) is 0 Å². The van der Waals surface area contributed by atoms with Gasteiger partial charge in [0, 0.05) is 0 Å². The van der Waals surface area contributed by atoms with Crippen LogP contribution in [0.4, 0.5) is 0 Å². The fourth-order valence-electron chi connectivity index (χ4n) is 2.12. The first-order chi connectivity index (χ1) is 8.90. The summed E-state index contributed by atoms with van der Waals surface area (Å²) in [5.41, 5.74) is 3.08. The van der Waals surface area contributed by atoms with E-state index in [0.29, 0.717) is 0 Å². The molecule has 3 heteroatoms. The molecule has 0 unspecified atom stereocenters. The van der Waals surface area contributed by atoms with E-state index in [2.05, 4.69) is 29.0 Å². The second kappa shape index (κ2) is 4.45. The van der Waals surface area contributed by atoms with Gasteiger partial charge in [0.05, 0.1) is 11.6 Å². The molecule has 1 heterocycles. The van der Waals surface area contributed by atoms with E-state index in [4.69, 9.17) is 0 Å².